The van der Waals surface area contributed by atoms with Crippen molar-refractivity contribution in [1.82, 2.24) is 4.90 Å². The third-order valence-electron chi connectivity index (χ3n) is 4.09. The molecule has 2 aromatic carbocycles. The molecule has 5 heteroatoms. The molecule has 1 heterocycles. The lowest BCUT2D eigenvalue weighted by atomic mass is 9.87. The summed E-state index contributed by atoms with van der Waals surface area (Å²) in [5, 5.41) is 11.1. The second-order valence-electron chi connectivity index (χ2n) is 5.39. The molecule has 3 rings (SSSR count). The summed E-state index contributed by atoms with van der Waals surface area (Å²) in [6.07, 6.45) is -1.06. The zero-order chi connectivity index (χ0) is 15.9. The Morgan fingerprint density at radius 3 is 2.45 bits per heavy atom. The van der Waals surface area contributed by atoms with Crippen molar-refractivity contribution in [1.29, 1.82) is 0 Å². The molecule has 1 saturated heterocycles. The maximum Gasteiger partial charge on any atom is 0.255 e. The molecule has 0 radical (unpaired) electrons. The first-order chi connectivity index (χ1) is 10.5. The smallest absolute Gasteiger partial charge is 0.255 e. The van der Waals surface area contributed by atoms with Crippen LogP contribution in [0.3, 0.4) is 0 Å². The average molecular weight is 336 g/mol. The second kappa shape index (κ2) is 5.92. The first kappa shape index (κ1) is 15.3. The highest BCUT2D eigenvalue weighted by Gasteiger charge is 2.50. The summed E-state index contributed by atoms with van der Waals surface area (Å²) in [6.45, 7) is 1.94. The molecule has 1 aliphatic heterocycles. The molecule has 1 N–H and O–H groups in total. The Hall–Kier alpha value is -1.55. The number of amides is 1. The molecule has 0 spiro atoms. The van der Waals surface area contributed by atoms with Gasteiger partial charge in [-0.1, -0.05) is 59.6 Å². The molecule has 0 saturated carbocycles. The molecule has 114 valence electrons. The fourth-order valence-electron chi connectivity index (χ4n) is 2.88. The number of carbonyl (C=O) groups excluding carboxylic acids is 1. The van der Waals surface area contributed by atoms with Crippen LogP contribution in [0.1, 0.15) is 30.1 Å². The molecular formula is C17H15Cl2NO2. The zero-order valence-corrected chi connectivity index (χ0v) is 13.4. The highest BCUT2D eigenvalue weighted by Crippen LogP contribution is 2.44. The molecule has 1 fully saturated rings. The van der Waals surface area contributed by atoms with Crippen molar-refractivity contribution in [2.45, 2.75) is 25.1 Å². The highest BCUT2D eigenvalue weighted by molar-refractivity contribution is 6.35. The Bertz CT molecular complexity index is 705. The fraction of sp³-hybridized carbons (Fsp3) is 0.235. The third kappa shape index (κ3) is 2.50. The molecular weight excluding hydrogens is 321 g/mol. The Labute approximate surface area is 139 Å². The summed E-state index contributed by atoms with van der Waals surface area (Å²) in [7, 11) is 0. The third-order valence-corrected chi connectivity index (χ3v) is 4.65. The van der Waals surface area contributed by atoms with Crippen LogP contribution in [0.25, 0.3) is 0 Å². The highest BCUT2D eigenvalue weighted by atomic mass is 35.5. The van der Waals surface area contributed by atoms with Crippen LogP contribution in [0.15, 0.2) is 48.5 Å². The van der Waals surface area contributed by atoms with Crippen molar-refractivity contribution in [3.8, 4) is 0 Å². The van der Waals surface area contributed by atoms with E-state index in [1.54, 1.807) is 23.1 Å². The van der Waals surface area contributed by atoms with Gasteiger partial charge in [0.05, 0.1) is 12.1 Å². The molecule has 1 amide bonds. The molecule has 0 aromatic heterocycles. The maximum absolute atomic E-state index is 12.1. The summed E-state index contributed by atoms with van der Waals surface area (Å²) in [5.74, 6) is -0.285. The Morgan fingerprint density at radius 1 is 1.14 bits per heavy atom. The van der Waals surface area contributed by atoms with Gasteiger partial charge < -0.3 is 10.0 Å². The lowest BCUT2D eigenvalue weighted by Crippen LogP contribution is -2.59. The number of benzene rings is 2. The van der Waals surface area contributed by atoms with Crippen molar-refractivity contribution in [3.05, 3.63) is 69.7 Å². The van der Waals surface area contributed by atoms with E-state index in [1.165, 1.54) is 0 Å². The minimum Gasteiger partial charge on any atom is -0.381 e. The van der Waals surface area contributed by atoms with Crippen molar-refractivity contribution in [2.24, 2.45) is 0 Å². The number of carbonyl (C=O) groups is 1. The topological polar surface area (TPSA) is 40.5 Å². The summed E-state index contributed by atoms with van der Waals surface area (Å²) in [6, 6.07) is 14.2. The van der Waals surface area contributed by atoms with Crippen molar-refractivity contribution in [3.63, 3.8) is 0 Å². The van der Waals surface area contributed by atoms with Gasteiger partial charge in [0.15, 0.2) is 6.10 Å². The first-order valence-electron chi connectivity index (χ1n) is 7.01. The monoisotopic (exact) mass is 335 g/mol. The van der Waals surface area contributed by atoms with Crippen LogP contribution >= 0.6 is 23.2 Å². The van der Waals surface area contributed by atoms with E-state index in [1.807, 2.05) is 37.3 Å². The number of nitrogens with zero attached hydrogens (tertiary/aromatic N) is 1. The van der Waals surface area contributed by atoms with E-state index in [-0.39, 0.29) is 11.9 Å². The average Bonchev–Trinajstić information content (AvgIpc) is 2.53. The minimum atomic E-state index is -1.06. The first-order valence-corrected chi connectivity index (χ1v) is 7.76. The Kier molecular flexibility index (Phi) is 4.13. The van der Waals surface area contributed by atoms with Crippen LogP contribution in [0.4, 0.5) is 0 Å². The van der Waals surface area contributed by atoms with Crippen LogP contribution in [0.2, 0.25) is 10.0 Å². The molecule has 3 nitrogen and oxygen atoms in total. The molecule has 1 aliphatic rings. The molecule has 3 atom stereocenters. The summed E-state index contributed by atoms with van der Waals surface area (Å²) < 4.78 is 0. The van der Waals surface area contributed by atoms with Gasteiger partial charge in [-0.25, -0.2) is 0 Å². The maximum atomic E-state index is 12.1. The number of aliphatic hydroxyl groups is 1. The molecule has 0 bridgehead atoms. The molecule has 0 aliphatic carbocycles. The largest absolute Gasteiger partial charge is 0.381 e. The zero-order valence-electron chi connectivity index (χ0n) is 11.9. The fourth-order valence-corrected chi connectivity index (χ4v) is 3.40. The van der Waals surface area contributed by atoms with Crippen molar-refractivity contribution >= 4 is 29.1 Å². The van der Waals surface area contributed by atoms with Crippen LogP contribution in [-0.4, -0.2) is 22.0 Å². The molecule has 2 aromatic rings. The SMILES string of the molecule is C[C@@H](c1ccccc1)N1C(=O)[C@H](O)[C@@H]1c1ccc(Cl)cc1Cl. The van der Waals surface area contributed by atoms with E-state index in [4.69, 9.17) is 23.2 Å². The Morgan fingerprint density at radius 2 is 1.82 bits per heavy atom. The summed E-state index contributed by atoms with van der Waals surface area (Å²) >= 11 is 12.1. The van der Waals surface area contributed by atoms with Gasteiger partial charge in [0.2, 0.25) is 0 Å². The number of hydrogen-bond acceptors (Lipinski definition) is 2. The van der Waals surface area contributed by atoms with E-state index in [2.05, 4.69) is 0 Å². The van der Waals surface area contributed by atoms with Gasteiger partial charge in [-0.15, -0.1) is 0 Å². The quantitative estimate of drug-likeness (QED) is 0.861. The van der Waals surface area contributed by atoms with E-state index in [0.717, 1.165) is 5.56 Å². The van der Waals surface area contributed by atoms with E-state index in [0.29, 0.717) is 15.6 Å². The predicted octanol–water partition coefficient (Wildman–Crippen LogP) is 4.00. The lowest BCUT2D eigenvalue weighted by Gasteiger charge is -2.48. The number of β-lactam (4-membered cyclic amide) rings is 1. The predicted molar refractivity (Wildman–Crippen MR) is 86.9 cm³/mol. The van der Waals surface area contributed by atoms with Crippen molar-refractivity contribution < 1.29 is 9.90 Å². The van der Waals surface area contributed by atoms with Crippen molar-refractivity contribution in [2.75, 3.05) is 0 Å². The number of halogens is 2. The van der Waals surface area contributed by atoms with Gasteiger partial charge in [-0.2, -0.15) is 0 Å². The van der Waals surface area contributed by atoms with E-state index in [9.17, 15) is 9.90 Å². The molecule has 22 heavy (non-hydrogen) atoms. The second-order valence-corrected chi connectivity index (χ2v) is 6.23. The Balaban J connectivity index is 1.95. The summed E-state index contributed by atoms with van der Waals surface area (Å²) in [4.78, 5) is 13.8. The van der Waals surface area contributed by atoms with Crippen LogP contribution < -0.4 is 0 Å². The van der Waals surface area contributed by atoms with Gasteiger partial charge in [0.1, 0.15) is 0 Å². The minimum absolute atomic E-state index is 0.145. The summed E-state index contributed by atoms with van der Waals surface area (Å²) in [5.41, 5.74) is 1.72. The van der Waals surface area contributed by atoms with E-state index < -0.39 is 12.1 Å². The van der Waals surface area contributed by atoms with Crippen LogP contribution in [0.5, 0.6) is 0 Å². The van der Waals surface area contributed by atoms with Gasteiger partial charge in [0.25, 0.3) is 5.91 Å². The standard InChI is InChI=1S/C17H15Cl2NO2/c1-10(11-5-3-2-4-6-11)20-15(16(21)17(20)22)13-8-7-12(18)9-14(13)19/h2-10,15-16,21H,1H3/t10-,15-,16+/m0/s1. The molecule has 0 unspecified atom stereocenters. The number of aliphatic hydroxyl groups excluding tert-OH is 1. The number of rotatable bonds is 3. The van der Waals surface area contributed by atoms with Gasteiger partial charge in [-0.05, 0) is 30.2 Å². The lowest BCUT2D eigenvalue weighted by molar-refractivity contribution is -0.172. The van der Waals surface area contributed by atoms with Gasteiger partial charge in [-0.3, -0.25) is 4.79 Å². The van der Waals surface area contributed by atoms with Crippen LogP contribution in [0, 0.1) is 0 Å². The van der Waals surface area contributed by atoms with Gasteiger partial charge >= 0.3 is 0 Å². The van der Waals surface area contributed by atoms with Gasteiger partial charge in [0, 0.05) is 10.0 Å². The van der Waals surface area contributed by atoms with Crippen LogP contribution in [-0.2, 0) is 4.79 Å². The number of hydrogen-bond donors (Lipinski definition) is 1. The normalized spacial score (nSPS) is 22.4. The number of likely N-dealkylation sites (tertiary alicyclic amines) is 1. The van der Waals surface area contributed by atoms with E-state index >= 15 is 0 Å².